The van der Waals surface area contributed by atoms with Crippen LogP contribution in [-0.4, -0.2) is 32.8 Å². The van der Waals surface area contributed by atoms with E-state index in [1.54, 1.807) is 0 Å². The first kappa shape index (κ1) is 18.5. The monoisotopic (exact) mass is 396 g/mol. The van der Waals surface area contributed by atoms with Crippen molar-refractivity contribution >= 4 is 34.8 Å². The molecule has 0 aliphatic carbocycles. The molecule has 1 aliphatic heterocycles. The van der Waals surface area contributed by atoms with E-state index in [0.29, 0.717) is 64.7 Å². The van der Waals surface area contributed by atoms with Gasteiger partial charge in [0.2, 0.25) is 0 Å². The summed E-state index contributed by atoms with van der Waals surface area (Å²) in [6.45, 7) is 1.37. The highest BCUT2D eigenvalue weighted by Crippen LogP contribution is 2.38. The van der Waals surface area contributed by atoms with Crippen LogP contribution in [0.3, 0.4) is 0 Å². The zero-order valence-corrected chi connectivity index (χ0v) is 15.6. The van der Waals surface area contributed by atoms with Gasteiger partial charge in [0, 0.05) is 12.6 Å². The number of benzene rings is 2. The normalized spacial score (nSPS) is 12.6. The van der Waals surface area contributed by atoms with Crippen molar-refractivity contribution in [1.82, 2.24) is 5.32 Å². The van der Waals surface area contributed by atoms with Crippen LogP contribution in [-0.2, 0) is 6.42 Å². The van der Waals surface area contributed by atoms with Crippen LogP contribution in [0.2, 0.25) is 10.0 Å². The number of rotatable bonds is 5. The van der Waals surface area contributed by atoms with Gasteiger partial charge in [-0.05, 0) is 30.2 Å². The standard InChI is InChI=1S/C18H18Cl2N2O4/c1-24-15-9-14(21)12(19)8-11(15)18(23)22-3-2-10-6-13(20)17-16(7-10)25-4-5-26-17/h6-9H,2-5,21H2,1H3,(H,22,23). The predicted octanol–water partition coefficient (Wildman–Crippen LogP) is 3.33. The quantitative estimate of drug-likeness (QED) is 0.757. The van der Waals surface area contributed by atoms with Gasteiger partial charge in [0.1, 0.15) is 19.0 Å². The summed E-state index contributed by atoms with van der Waals surface area (Å²) in [7, 11) is 1.47. The Morgan fingerprint density at radius 3 is 2.73 bits per heavy atom. The van der Waals surface area contributed by atoms with E-state index in [0.717, 1.165) is 5.56 Å². The van der Waals surface area contributed by atoms with Gasteiger partial charge < -0.3 is 25.3 Å². The number of ether oxygens (including phenoxy) is 3. The van der Waals surface area contributed by atoms with Gasteiger partial charge in [-0.3, -0.25) is 4.79 Å². The highest BCUT2D eigenvalue weighted by atomic mass is 35.5. The molecule has 3 N–H and O–H groups in total. The SMILES string of the molecule is COc1cc(N)c(Cl)cc1C(=O)NCCc1cc(Cl)c2c(c1)OCCO2. The number of anilines is 1. The van der Waals surface area contributed by atoms with Crippen LogP contribution in [0.4, 0.5) is 5.69 Å². The summed E-state index contributed by atoms with van der Waals surface area (Å²) in [4.78, 5) is 12.4. The molecule has 1 heterocycles. The number of halogens is 2. The Morgan fingerprint density at radius 2 is 1.96 bits per heavy atom. The van der Waals surface area contributed by atoms with Gasteiger partial charge in [-0.15, -0.1) is 0 Å². The van der Waals surface area contributed by atoms with Crippen LogP contribution in [0, 0.1) is 0 Å². The number of hydrogen-bond donors (Lipinski definition) is 2. The zero-order chi connectivity index (χ0) is 18.7. The third kappa shape index (κ3) is 3.92. The van der Waals surface area contributed by atoms with Crippen molar-refractivity contribution < 1.29 is 19.0 Å². The third-order valence-corrected chi connectivity index (χ3v) is 4.53. The van der Waals surface area contributed by atoms with E-state index in [1.807, 2.05) is 12.1 Å². The van der Waals surface area contributed by atoms with Crippen LogP contribution >= 0.6 is 23.2 Å². The maximum Gasteiger partial charge on any atom is 0.255 e. The van der Waals surface area contributed by atoms with E-state index in [4.69, 9.17) is 43.1 Å². The number of amides is 1. The van der Waals surface area contributed by atoms with Gasteiger partial charge in [0.05, 0.1) is 28.4 Å². The Kier molecular flexibility index (Phi) is 5.64. The molecule has 26 heavy (non-hydrogen) atoms. The number of hydrogen-bond acceptors (Lipinski definition) is 5. The molecule has 138 valence electrons. The van der Waals surface area contributed by atoms with Crippen molar-refractivity contribution in [3.8, 4) is 17.2 Å². The van der Waals surface area contributed by atoms with E-state index in [2.05, 4.69) is 5.32 Å². The molecule has 0 radical (unpaired) electrons. The van der Waals surface area contributed by atoms with Gasteiger partial charge in [0.25, 0.3) is 5.91 Å². The highest BCUT2D eigenvalue weighted by Gasteiger charge is 2.17. The number of nitrogens with two attached hydrogens (primary N) is 1. The number of methoxy groups -OCH3 is 1. The molecular weight excluding hydrogens is 379 g/mol. The summed E-state index contributed by atoms with van der Waals surface area (Å²) in [5.41, 5.74) is 7.34. The number of fused-ring (bicyclic) bond motifs is 1. The molecule has 0 saturated carbocycles. The largest absolute Gasteiger partial charge is 0.496 e. The topological polar surface area (TPSA) is 82.8 Å². The molecule has 0 unspecified atom stereocenters. The summed E-state index contributed by atoms with van der Waals surface area (Å²) in [5, 5.41) is 3.63. The lowest BCUT2D eigenvalue weighted by Gasteiger charge is -2.20. The van der Waals surface area contributed by atoms with Gasteiger partial charge in [-0.25, -0.2) is 0 Å². The molecular formula is C18H18Cl2N2O4. The van der Waals surface area contributed by atoms with Gasteiger partial charge in [-0.2, -0.15) is 0 Å². The van der Waals surface area contributed by atoms with Crippen molar-refractivity contribution in [3.63, 3.8) is 0 Å². The minimum Gasteiger partial charge on any atom is -0.496 e. The number of nitrogens with one attached hydrogen (secondary N) is 1. The third-order valence-electron chi connectivity index (χ3n) is 3.92. The molecule has 0 fully saturated rings. The fraction of sp³-hybridized carbons (Fsp3) is 0.278. The van der Waals surface area contributed by atoms with Gasteiger partial charge in [-0.1, -0.05) is 23.2 Å². The van der Waals surface area contributed by atoms with Crippen molar-refractivity contribution in [2.24, 2.45) is 0 Å². The van der Waals surface area contributed by atoms with E-state index in [9.17, 15) is 4.79 Å². The number of carbonyl (C=O) groups is 1. The van der Waals surface area contributed by atoms with E-state index >= 15 is 0 Å². The number of carbonyl (C=O) groups excluding carboxylic acids is 1. The lowest BCUT2D eigenvalue weighted by molar-refractivity contribution is 0.0951. The molecule has 3 rings (SSSR count). The fourth-order valence-corrected chi connectivity index (χ4v) is 3.09. The Morgan fingerprint density at radius 1 is 1.19 bits per heavy atom. The molecule has 1 amide bonds. The van der Waals surface area contributed by atoms with Crippen molar-refractivity contribution in [2.75, 3.05) is 32.6 Å². The zero-order valence-electron chi connectivity index (χ0n) is 14.1. The van der Waals surface area contributed by atoms with Crippen molar-refractivity contribution in [3.05, 3.63) is 45.4 Å². The van der Waals surface area contributed by atoms with Crippen LogP contribution in [0.15, 0.2) is 24.3 Å². The smallest absolute Gasteiger partial charge is 0.255 e. The molecule has 2 aromatic carbocycles. The van der Waals surface area contributed by atoms with Gasteiger partial charge in [0.15, 0.2) is 11.5 Å². The Labute approximate surface area is 161 Å². The van der Waals surface area contributed by atoms with Crippen LogP contribution in [0.5, 0.6) is 17.2 Å². The summed E-state index contributed by atoms with van der Waals surface area (Å²) < 4.78 is 16.2. The Hall–Kier alpha value is -2.31. The summed E-state index contributed by atoms with van der Waals surface area (Å²) >= 11 is 12.2. The first-order valence-electron chi connectivity index (χ1n) is 7.99. The van der Waals surface area contributed by atoms with Crippen molar-refractivity contribution in [2.45, 2.75) is 6.42 Å². The molecule has 1 aliphatic rings. The van der Waals surface area contributed by atoms with Crippen LogP contribution in [0.25, 0.3) is 0 Å². The minimum absolute atomic E-state index is 0.299. The second-order valence-electron chi connectivity index (χ2n) is 5.68. The molecule has 8 heteroatoms. The van der Waals surface area contributed by atoms with Crippen LogP contribution in [0.1, 0.15) is 15.9 Å². The fourth-order valence-electron chi connectivity index (χ4n) is 2.64. The highest BCUT2D eigenvalue weighted by molar-refractivity contribution is 6.33. The van der Waals surface area contributed by atoms with E-state index < -0.39 is 0 Å². The molecule has 0 bridgehead atoms. The maximum atomic E-state index is 12.4. The first-order chi connectivity index (χ1) is 12.5. The second kappa shape index (κ2) is 7.93. The molecule has 0 saturated heterocycles. The average molecular weight is 397 g/mol. The number of nitrogen functional groups attached to an aromatic ring is 1. The summed E-state index contributed by atoms with van der Waals surface area (Å²) in [6.07, 6.45) is 0.577. The lowest BCUT2D eigenvalue weighted by atomic mass is 10.1. The van der Waals surface area contributed by atoms with E-state index in [1.165, 1.54) is 19.2 Å². The molecule has 2 aromatic rings. The predicted molar refractivity (Wildman–Crippen MR) is 101 cm³/mol. The lowest BCUT2D eigenvalue weighted by Crippen LogP contribution is -2.26. The van der Waals surface area contributed by atoms with Crippen molar-refractivity contribution in [1.29, 1.82) is 0 Å². The Bertz CT molecular complexity index is 842. The second-order valence-corrected chi connectivity index (χ2v) is 6.50. The van der Waals surface area contributed by atoms with Gasteiger partial charge >= 0.3 is 0 Å². The Balaban J connectivity index is 1.66. The molecule has 0 aromatic heterocycles. The first-order valence-corrected chi connectivity index (χ1v) is 8.74. The van der Waals surface area contributed by atoms with E-state index in [-0.39, 0.29) is 5.91 Å². The van der Waals surface area contributed by atoms with Crippen LogP contribution < -0.4 is 25.3 Å². The summed E-state index contributed by atoms with van der Waals surface area (Å²) in [5.74, 6) is 1.25. The minimum atomic E-state index is -0.299. The maximum absolute atomic E-state index is 12.4. The molecule has 6 nitrogen and oxygen atoms in total. The molecule has 0 atom stereocenters. The summed E-state index contributed by atoms with van der Waals surface area (Å²) in [6, 6.07) is 6.69. The average Bonchev–Trinajstić information content (AvgIpc) is 2.63. The molecule has 0 spiro atoms.